The van der Waals surface area contributed by atoms with Crippen LogP contribution in [-0.2, 0) is 11.3 Å². The summed E-state index contributed by atoms with van der Waals surface area (Å²) in [5.41, 5.74) is 2.70. The van der Waals surface area contributed by atoms with Gasteiger partial charge in [0.15, 0.2) is 6.10 Å². The van der Waals surface area contributed by atoms with E-state index in [4.69, 9.17) is 21.0 Å². The summed E-state index contributed by atoms with van der Waals surface area (Å²) in [5.74, 6) is 0.319. The number of rotatable bonds is 6. The number of hydrogen-bond acceptors (Lipinski definition) is 5. The zero-order chi connectivity index (χ0) is 24.2. The Kier molecular flexibility index (Phi) is 7.34. The Morgan fingerprint density at radius 2 is 1.88 bits per heavy atom. The number of piperidine rings is 1. The highest BCUT2D eigenvalue weighted by Gasteiger charge is 2.31. The summed E-state index contributed by atoms with van der Waals surface area (Å²) < 4.78 is 5.37. The molecule has 0 radical (unpaired) electrons. The number of aryl methyl sites for hydroxylation is 1. The zero-order valence-electron chi connectivity index (χ0n) is 19.3. The van der Waals surface area contributed by atoms with Crippen molar-refractivity contribution in [3.05, 3.63) is 88.1 Å². The van der Waals surface area contributed by atoms with Crippen LogP contribution in [0.15, 0.2) is 59.2 Å². The van der Waals surface area contributed by atoms with Gasteiger partial charge in [-0.2, -0.15) is 0 Å². The van der Waals surface area contributed by atoms with Crippen LogP contribution < -0.4 is 0 Å². The number of aliphatic hydroxyl groups excluding tert-OH is 1. The van der Waals surface area contributed by atoms with E-state index in [1.807, 2.05) is 25.1 Å². The molecule has 0 saturated carbocycles. The average Bonchev–Trinajstić information content (AvgIpc) is 3.36. The third-order valence-electron chi connectivity index (χ3n) is 6.23. The number of hydrogen-bond donors (Lipinski definition) is 1. The Morgan fingerprint density at radius 3 is 2.53 bits per heavy atom. The Morgan fingerprint density at radius 1 is 1.18 bits per heavy atom. The first-order chi connectivity index (χ1) is 16.3. The summed E-state index contributed by atoms with van der Waals surface area (Å²) in [4.78, 5) is 34.1. The maximum atomic E-state index is 13.2. The fourth-order valence-electron chi connectivity index (χ4n) is 4.32. The van der Waals surface area contributed by atoms with E-state index in [-0.39, 0.29) is 17.7 Å². The number of amides is 2. The first kappa shape index (κ1) is 24.0. The van der Waals surface area contributed by atoms with Crippen molar-refractivity contribution in [1.82, 2.24) is 14.8 Å². The van der Waals surface area contributed by atoms with E-state index in [1.165, 1.54) is 0 Å². The molecule has 1 aliphatic heterocycles. The number of nitrogens with zero attached hydrogens (tertiary/aromatic N) is 3. The molecule has 1 saturated heterocycles. The Hall–Kier alpha value is -3.16. The molecule has 1 unspecified atom stereocenters. The van der Waals surface area contributed by atoms with Crippen molar-refractivity contribution in [2.75, 3.05) is 20.1 Å². The second-order valence-electron chi connectivity index (χ2n) is 8.68. The monoisotopic (exact) mass is 481 g/mol. The van der Waals surface area contributed by atoms with Gasteiger partial charge in [0.05, 0.1) is 24.1 Å². The second kappa shape index (κ2) is 10.4. The van der Waals surface area contributed by atoms with E-state index in [9.17, 15) is 14.7 Å². The molecule has 0 spiro atoms. The molecule has 1 N–H and O–H groups in total. The van der Waals surface area contributed by atoms with Crippen LogP contribution in [-0.4, -0.2) is 51.8 Å². The molecule has 2 amide bonds. The van der Waals surface area contributed by atoms with E-state index in [0.29, 0.717) is 54.4 Å². The number of likely N-dealkylation sites (tertiary alicyclic amines) is 1. The number of benzene rings is 1. The second-order valence-corrected chi connectivity index (χ2v) is 9.12. The third-order valence-corrected chi connectivity index (χ3v) is 6.48. The van der Waals surface area contributed by atoms with Crippen LogP contribution in [0.5, 0.6) is 0 Å². The van der Waals surface area contributed by atoms with Crippen molar-refractivity contribution in [2.24, 2.45) is 0 Å². The van der Waals surface area contributed by atoms with E-state index >= 15 is 0 Å². The molecule has 3 aromatic rings. The van der Waals surface area contributed by atoms with Gasteiger partial charge in [-0.15, -0.1) is 0 Å². The number of furan rings is 1. The number of aromatic nitrogens is 1. The standard InChI is InChI=1S/C26H28ClN3O4/c1-17-5-10-22(25(32)29(2)16-21-4-3-15-34-21)23(28-17)18-11-13-30(14-12-18)26(33)24(31)19-6-8-20(27)9-7-19/h3-10,15,18,24,31H,11-14,16H2,1-2H3. The normalized spacial score (nSPS) is 15.2. The first-order valence-corrected chi connectivity index (χ1v) is 11.7. The maximum absolute atomic E-state index is 13.2. The van der Waals surface area contributed by atoms with Crippen molar-refractivity contribution >= 4 is 23.4 Å². The summed E-state index contributed by atoms with van der Waals surface area (Å²) in [7, 11) is 1.74. The van der Waals surface area contributed by atoms with Gasteiger partial charge in [0, 0.05) is 36.8 Å². The van der Waals surface area contributed by atoms with Crippen LogP contribution in [0.2, 0.25) is 5.02 Å². The molecule has 2 aromatic heterocycles. The van der Waals surface area contributed by atoms with Gasteiger partial charge in [0.2, 0.25) is 0 Å². The highest BCUT2D eigenvalue weighted by atomic mass is 35.5. The van der Waals surface area contributed by atoms with Gasteiger partial charge in [0.25, 0.3) is 11.8 Å². The van der Waals surface area contributed by atoms with Gasteiger partial charge >= 0.3 is 0 Å². The molecule has 0 bridgehead atoms. The highest BCUT2D eigenvalue weighted by molar-refractivity contribution is 6.30. The summed E-state index contributed by atoms with van der Waals surface area (Å²) in [6.45, 7) is 3.25. The van der Waals surface area contributed by atoms with E-state index in [2.05, 4.69) is 0 Å². The topological polar surface area (TPSA) is 86.9 Å². The lowest BCUT2D eigenvalue weighted by atomic mass is 9.89. The minimum absolute atomic E-state index is 0.0487. The lowest BCUT2D eigenvalue weighted by Gasteiger charge is -2.34. The Labute approximate surface area is 204 Å². The fraction of sp³-hybridized carbons (Fsp3) is 0.346. The van der Waals surface area contributed by atoms with E-state index in [1.54, 1.807) is 53.4 Å². The molecule has 8 heteroatoms. The third kappa shape index (κ3) is 5.32. The Bertz CT molecular complexity index is 1140. The van der Waals surface area contributed by atoms with Crippen molar-refractivity contribution in [1.29, 1.82) is 0 Å². The molecule has 1 aromatic carbocycles. The molecule has 1 aliphatic rings. The fourth-order valence-corrected chi connectivity index (χ4v) is 4.44. The average molecular weight is 482 g/mol. The van der Waals surface area contributed by atoms with Crippen LogP contribution in [0.4, 0.5) is 0 Å². The number of carbonyl (C=O) groups is 2. The van der Waals surface area contributed by atoms with Gasteiger partial charge in [0.1, 0.15) is 5.76 Å². The minimum atomic E-state index is -1.22. The molecule has 1 fully saturated rings. The molecule has 1 atom stereocenters. The summed E-state index contributed by atoms with van der Waals surface area (Å²) in [5, 5.41) is 11.1. The van der Waals surface area contributed by atoms with Crippen molar-refractivity contribution in [3.63, 3.8) is 0 Å². The number of aliphatic hydroxyl groups is 1. The molecule has 3 heterocycles. The number of halogens is 1. The van der Waals surface area contributed by atoms with Crippen LogP contribution in [0, 0.1) is 6.92 Å². The SMILES string of the molecule is Cc1ccc(C(=O)N(C)Cc2ccco2)c(C2CCN(C(=O)C(O)c3ccc(Cl)cc3)CC2)n1. The Balaban J connectivity index is 1.44. The van der Waals surface area contributed by atoms with Crippen molar-refractivity contribution in [2.45, 2.75) is 38.3 Å². The zero-order valence-corrected chi connectivity index (χ0v) is 20.0. The van der Waals surface area contributed by atoms with Crippen LogP contribution in [0.1, 0.15) is 57.9 Å². The maximum Gasteiger partial charge on any atom is 0.256 e. The van der Waals surface area contributed by atoms with Crippen LogP contribution in [0.3, 0.4) is 0 Å². The molecule has 34 heavy (non-hydrogen) atoms. The summed E-state index contributed by atoms with van der Waals surface area (Å²) >= 11 is 5.91. The van der Waals surface area contributed by atoms with Crippen LogP contribution >= 0.6 is 11.6 Å². The lowest BCUT2D eigenvalue weighted by Crippen LogP contribution is -2.41. The van der Waals surface area contributed by atoms with Gasteiger partial charge < -0.3 is 19.3 Å². The highest BCUT2D eigenvalue weighted by Crippen LogP contribution is 2.31. The predicted molar refractivity (Wildman–Crippen MR) is 128 cm³/mol. The van der Waals surface area contributed by atoms with E-state index < -0.39 is 6.10 Å². The van der Waals surface area contributed by atoms with Gasteiger partial charge in [-0.3, -0.25) is 14.6 Å². The summed E-state index contributed by atoms with van der Waals surface area (Å²) in [6, 6.07) is 13.9. The molecule has 4 rings (SSSR count). The summed E-state index contributed by atoms with van der Waals surface area (Å²) in [6.07, 6.45) is 1.69. The molecular formula is C26H28ClN3O4. The number of pyridine rings is 1. The first-order valence-electron chi connectivity index (χ1n) is 11.3. The van der Waals surface area contributed by atoms with Crippen molar-refractivity contribution < 1.29 is 19.1 Å². The van der Waals surface area contributed by atoms with Crippen molar-refractivity contribution in [3.8, 4) is 0 Å². The number of carbonyl (C=O) groups excluding carboxylic acids is 2. The molecule has 7 nitrogen and oxygen atoms in total. The lowest BCUT2D eigenvalue weighted by molar-refractivity contribution is -0.141. The van der Waals surface area contributed by atoms with Gasteiger partial charge in [-0.25, -0.2) is 0 Å². The minimum Gasteiger partial charge on any atom is -0.467 e. The molecule has 178 valence electrons. The quantitative estimate of drug-likeness (QED) is 0.565. The van der Waals surface area contributed by atoms with Gasteiger partial charge in [-0.05, 0) is 61.7 Å². The molecule has 0 aliphatic carbocycles. The molecular weight excluding hydrogens is 454 g/mol. The van der Waals surface area contributed by atoms with E-state index in [0.717, 1.165) is 11.4 Å². The predicted octanol–water partition coefficient (Wildman–Crippen LogP) is 4.35. The van der Waals surface area contributed by atoms with Gasteiger partial charge in [-0.1, -0.05) is 23.7 Å². The van der Waals surface area contributed by atoms with Crippen LogP contribution in [0.25, 0.3) is 0 Å². The largest absolute Gasteiger partial charge is 0.467 e. The smallest absolute Gasteiger partial charge is 0.256 e.